The molecule has 0 aromatic heterocycles. The fourth-order valence-electron chi connectivity index (χ4n) is 0.407. The highest BCUT2D eigenvalue weighted by Gasteiger charge is 1.91. The molecule has 1 amide bonds. The van der Waals surface area contributed by atoms with Gasteiger partial charge in [0.15, 0.2) is 0 Å². The zero-order valence-electron chi connectivity index (χ0n) is 7.96. The van der Waals surface area contributed by atoms with E-state index in [-0.39, 0.29) is 5.91 Å². The van der Waals surface area contributed by atoms with E-state index in [0.29, 0.717) is 5.57 Å². The van der Waals surface area contributed by atoms with Gasteiger partial charge >= 0.3 is 0 Å². The number of hydrogen-bond donors (Lipinski definition) is 1. The standard InChI is InChI=1S/C6H11NO.C3H6O/c1-3-4-5(2)6(7)8;1-3-4-2/h4H,3H2,1-2H3,(H2,7,8);3H,1H2,2H3. The highest BCUT2D eigenvalue weighted by Crippen LogP contribution is 1.91. The summed E-state index contributed by atoms with van der Waals surface area (Å²) in [7, 11) is 1.56. The van der Waals surface area contributed by atoms with Gasteiger partial charge in [-0.3, -0.25) is 4.79 Å². The third-order valence-corrected chi connectivity index (χ3v) is 1.07. The Kier molecular flexibility index (Phi) is 10.8. The van der Waals surface area contributed by atoms with Gasteiger partial charge in [-0.25, -0.2) is 0 Å². The van der Waals surface area contributed by atoms with E-state index < -0.39 is 0 Å². The van der Waals surface area contributed by atoms with Crippen LogP contribution in [-0.2, 0) is 9.53 Å². The van der Waals surface area contributed by atoms with Crippen LogP contribution in [0.2, 0.25) is 0 Å². The maximum Gasteiger partial charge on any atom is 0.244 e. The Bertz CT molecular complexity index is 162. The summed E-state index contributed by atoms with van der Waals surface area (Å²) in [5.74, 6) is -0.327. The Morgan fingerprint density at radius 3 is 2.17 bits per heavy atom. The Morgan fingerprint density at radius 2 is 2.08 bits per heavy atom. The smallest absolute Gasteiger partial charge is 0.244 e. The number of primary amides is 1. The van der Waals surface area contributed by atoms with Crippen LogP contribution in [0.1, 0.15) is 20.3 Å². The Hall–Kier alpha value is -1.25. The maximum absolute atomic E-state index is 10.2. The molecule has 0 aromatic carbocycles. The van der Waals surface area contributed by atoms with Crippen molar-refractivity contribution >= 4 is 5.91 Å². The maximum atomic E-state index is 10.2. The van der Waals surface area contributed by atoms with Crippen molar-refractivity contribution < 1.29 is 9.53 Å². The highest BCUT2D eigenvalue weighted by molar-refractivity contribution is 5.91. The number of amides is 1. The van der Waals surface area contributed by atoms with E-state index in [9.17, 15) is 4.79 Å². The molecule has 0 saturated heterocycles. The molecule has 0 radical (unpaired) electrons. The van der Waals surface area contributed by atoms with Crippen LogP contribution in [0, 0.1) is 0 Å². The van der Waals surface area contributed by atoms with Crippen molar-refractivity contribution in [1.29, 1.82) is 0 Å². The van der Waals surface area contributed by atoms with E-state index in [1.807, 2.05) is 13.0 Å². The molecule has 2 N–H and O–H groups in total. The topological polar surface area (TPSA) is 52.3 Å². The Morgan fingerprint density at radius 1 is 1.67 bits per heavy atom. The molecule has 0 rings (SSSR count). The van der Waals surface area contributed by atoms with Crippen molar-refractivity contribution in [3.05, 3.63) is 24.5 Å². The molecule has 0 aliphatic carbocycles. The molecule has 0 aliphatic heterocycles. The molecule has 3 nitrogen and oxygen atoms in total. The predicted molar refractivity (Wildman–Crippen MR) is 50.4 cm³/mol. The number of ether oxygens (including phenoxy) is 1. The summed E-state index contributed by atoms with van der Waals surface area (Å²) < 4.78 is 4.31. The summed E-state index contributed by atoms with van der Waals surface area (Å²) >= 11 is 0. The molecule has 0 atom stereocenters. The Balaban J connectivity index is 0. The van der Waals surface area contributed by atoms with Crippen molar-refractivity contribution in [2.24, 2.45) is 5.73 Å². The predicted octanol–water partition coefficient (Wildman–Crippen LogP) is 1.60. The molecule has 3 heteroatoms. The fraction of sp³-hybridized carbons (Fsp3) is 0.444. The molecule has 12 heavy (non-hydrogen) atoms. The van der Waals surface area contributed by atoms with Gasteiger partial charge in [0, 0.05) is 5.57 Å². The number of methoxy groups -OCH3 is 1. The van der Waals surface area contributed by atoms with Gasteiger partial charge in [0.05, 0.1) is 13.4 Å². The van der Waals surface area contributed by atoms with Crippen molar-refractivity contribution in [1.82, 2.24) is 0 Å². The summed E-state index contributed by atoms with van der Waals surface area (Å²) in [6.07, 6.45) is 4.05. The summed E-state index contributed by atoms with van der Waals surface area (Å²) in [4.78, 5) is 10.2. The first kappa shape index (κ1) is 13.3. The zero-order valence-corrected chi connectivity index (χ0v) is 7.96. The molecule has 0 saturated carbocycles. The first-order valence-electron chi connectivity index (χ1n) is 3.70. The van der Waals surface area contributed by atoms with Crippen LogP contribution in [-0.4, -0.2) is 13.0 Å². The minimum Gasteiger partial charge on any atom is -0.505 e. The fourth-order valence-corrected chi connectivity index (χ4v) is 0.407. The third-order valence-electron chi connectivity index (χ3n) is 1.07. The lowest BCUT2D eigenvalue weighted by Gasteiger charge is -1.88. The lowest BCUT2D eigenvalue weighted by Crippen LogP contribution is -2.11. The number of allylic oxidation sites excluding steroid dienone is 1. The summed E-state index contributed by atoms with van der Waals surface area (Å²) in [5.41, 5.74) is 5.56. The molecule has 0 aromatic rings. The molecule has 0 bridgehead atoms. The van der Waals surface area contributed by atoms with E-state index in [0.717, 1.165) is 6.42 Å². The van der Waals surface area contributed by atoms with Crippen molar-refractivity contribution in [2.75, 3.05) is 7.11 Å². The van der Waals surface area contributed by atoms with Crippen LogP contribution in [0.5, 0.6) is 0 Å². The van der Waals surface area contributed by atoms with Crippen molar-refractivity contribution in [2.45, 2.75) is 20.3 Å². The SMILES string of the molecule is C=COC.CCC=C(C)C(N)=O. The van der Waals surface area contributed by atoms with E-state index in [1.54, 1.807) is 14.0 Å². The van der Waals surface area contributed by atoms with E-state index in [1.165, 1.54) is 6.26 Å². The Labute approximate surface area is 73.9 Å². The zero-order chi connectivity index (χ0) is 9.98. The molecule has 0 heterocycles. The van der Waals surface area contributed by atoms with Crippen molar-refractivity contribution in [3.63, 3.8) is 0 Å². The normalized spacial score (nSPS) is 9.42. The van der Waals surface area contributed by atoms with Crippen LogP contribution < -0.4 is 5.73 Å². The van der Waals surface area contributed by atoms with Crippen LogP contribution >= 0.6 is 0 Å². The molecule has 70 valence electrons. The third kappa shape index (κ3) is 11.5. The number of carbonyl (C=O) groups excluding carboxylic acids is 1. The molecule has 0 unspecified atom stereocenters. The number of rotatable bonds is 3. The van der Waals surface area contributed by atoms with E-state index >= 15 is 0 Å². The number of nitrogens with two attached hydrogens (primary N) is 1. The lowest BCUT2D eigenvalue weighted by atomic mass is 10.2. The van der Waals surface area contributed by atoms with Gasteiger partial charge in [-0.15, -0.1) is 0 Å². The first-order valence-corrected chi connectivity index (χ1v) is 3.70. The highest BCUT2D eigenvalue weighted by atomic mass is 16.5. The monoisotopic (exact) mass is 171 g/mol. The van der Waals surface area contributed by atoms with Gasteiger partial charge in [-0.1, -0.05) is 19.6 Å². The first-order chi connectivity index (χ1) is 5.59. The van der Waals surface area contributed by atoms with Crippen LogP contribution in [0.15, 0.2) is 24.5 Å². The van der Waals surface area contributed by atoms with E-state index in [2.05, 4.69) is 11.3 Å². The quantitative estimate of drug-likeness (QED) is 0.518. The molecule has 0 spiro atoms. The van der Waals surface area contributed by atoms with Gasteiger partial charge in [-0.05, 0) is 13.3 Å². The minimum atomic E-state index is -0.327. The lowest BCUT2D eigenvalue weighted by molar-refractivity contribution is -0.114. The van der Waals surface area contributed by atoms with Crippen LogP contribution in [0.4, 0.5) is 0 Å². The minimum absolute atomic E-state index is 0.327. The van der Waals surface area contributed by atoms with Crippen LogP contribution in [0.3, 0.4) is 0 Å². The number of hydrogen-bond acceptors (Lipinski definition) is 2. The van der Waals surface area contributed by atoms with Crippen LogP contribution in [0.25, 0.3) is 0 Å². The second-order valence-corrected chi connectivity index (χ2v) is 2.06. The molecular formula is C9H17NO2. The van der Waals surface area contributed by atoms with Gasteiger partial charge in [0.25, 0.3) is 0 Å². The van der Waals surface area contributed by atoms with Crippen molar-refractivity contribution in [3.8, 4) is 0 Å². The number of carbonyl (C=O) groups is 1. The summed E-state index contributed by atoms with van der Waals surface area (Å²) in [6.45, 7) is 6.94. The summed E-state index contributed by atoms with van der Waals surface area (Å²) in [6, 6.07) is 0. The van der Waals surface area contributed by atoms with E-state index in [4.69, 9.17) is 5.73 Å². The molecular weight excluding hydrogens is 154 g/mol. The summed E-state index contributed by atoms with van der Waals surface area (Å²) in [5, 5.41) is 0. The van der Waals surface area contributed by atoms with Gasteiger partial charge in [-0.2, -0.15) is 0 Å². The second-order valence-electron chi connectivity index (χ2n) is 2.06. The molecule has 0 fully saturated rings. The van der Waals surface area contributed by atoms with Gasteiger partial charge in [0.2, 0.25) is 5.91 Å². The molecule has 0 aliphatic rings. The average Bonchev–Trinajstić information content (AvgIpc) is 2.05. The van der Waals surface area contributed by atoms with Gasteiger partial charge in [0.1, 0.15) is 0 Å². The largest absolute Gasteiger partial charge is 0.505 e. The van der Waals surface area contributed by atoms with Gasteiger partial charge < -0.3 is 10.5 Å². The average molecular weight is 171 g/mol. The second kappa shape index (κ2) is 9.75.